The molecule has 0 spiro atoms. The zero-order valence-corrected chi connectivity index (χ0v) is 11.4. The highest BCUT2D eigenvalue weighted by Crippen LogP contribution is 2.33. The van der Waals surface area contributed by atoms with E-state index < -0.39 is 4.92 Å². The average Bonchev–Trinajstić information content (AvgIpc) is 2.32. The normalized spacial score (nSPS) is 10.3. The molecule has 0 unspecified atom stereocenters. The van der Waals surface area contributed by atoms with Crippen molar-refractivity contribution in [1.82, 2.24) is 4.98 Å². The summed E-state index contributed by atoms with van der Waals surface area (Å²) in [5.74, 6) is -0.0722. The second kappa shape index (κ2) is 5.36. The highest BCUT2D eigenvalue weighted by atomic mass is 79.9. The maximum Gasteiger partial charge on any atom is 0.311 e. The number of pyridine rings is 1. The van der Waals surface area contributed by atoms with Gasteiger partial charge in [0.1, 0.15) is 5.03 Å². The van der Waals surface area contributed by atoms with E-state index in [0.717, 1.165) is 9.37 Å². The molecule has 2 aromatic rings. The minimum Gasteiger partial charge on any atom is -0.378 e. The lowest BCUT2D eigenvalue weighted by atomic mass is 10.4. The van der Waals surface area contributed by atoms with Crippen molar-refractivity contribution < 1.29 is 4.92 Å². The molecule has 0 atom stereocenters. The van der Waals surface area contributed by atoms with Crippen molar-refractivity contribution in [3.63, 3.8) is 0 Å². The molecule has 1 heterocycles. The van der Waals surface area contributed by atoms with Gasteiger partial charge in [0.2, 0.25) is 5.82 Å². The molecule has 0 saturated carbocycles. The molecule has 2 N–H and O–H groups in total. The Kier molecular flexibility index (Phi) is 3.83. The largest absolute Gasteiger partial charge is 0.378 e. The average molecular weight is 326 g/mol. The zero-order valence-electron chi connectivity index (χ0n) is 9.04. The summed E-state index contributed by atoms with van der Waals surface area (Å²) >= 11 is 4.81. The Labute approximate surface area is 116 Å². The van der Waals surface area contributed by atoms with Crippen LogP contribution in [0.25, 0.3) is 0 Å². The molecular weight excluding hydrogens is 318 g/mol. The summed E-state index contributed by atoms with van der Waals surface area (Å²) in [6.07, 6.45) is 0. The van der Waals surface area contributed by atoms with Gasteiger partial charge in [0.25, 0.3) is 0 Å². The van der Waals surface area contributed by atoms with Gasteiger partial charge in [0, 0.05) is 15.4 Å². The summed E-state index contributed by atoms with van der Waals surface area (Å²) in [5, 5.41) is 11.2. The van der Waals surface area contributed by atoms with Crippen molar-refractivity contribution in [3.05, 3.63) is 51.0 Å². The van der Waals surface area contributed by atoms with E-state index in [0.29, 0.717) is 5.03 Å². The number of nitrogen functional groups attached to an aromatic ring is 1. The van der Waals surface area contributed by atoms with Crippen molar-refractivity contribution in [2.75, 3.05) is 5.73 Å². The van der Waals surface area contributed by atoms with Crippen LogP contribution in [0.1, 0.15) is 0 Å². The molecule has 18 heavy (non-hydrogen) atoms. The molecule has 1 aromatic carbocycles. The van der Waals surface area contributed by atoms with Gasteiger partial charge in [-0.1, -0.05) is 23.9 Å². The monoisotopic (exact) mass is 325 g/mol. The molecule has 0 amide bonds. The molecule has 0 aliphatic rings. The van der Waals surface area contributed by atoms with Gasteiger partial charge in [-0.15, -0.1) is 0 Å². The fourth-order valence-electron chi connectivity index (χ4n) is 1.30. The summed E-state index contributed by atoms with van der Waals surface area (Å²) in [6, 6.07) is 10.6. The van der Waals surface area contributed by atoms with Crippen molar-refractivity contribution >= 4 is 39.2 Å². The van der Waals surface area contributed by atoms with Crippen molar-refractivity contribution in [3.8, 4) is 0 Å². The number of hydrogen-bond donors (Lipinski definition) is 1. The predicted molar refractivity (Wildman–Crippen MR) is 73.6 cm³/mol. The Morgan fingerprint density at radius 2 is 2.00 bits per heavy atom. The smallest absolute Gasteiger partial charge is 0.311 e. The molecule has 0 fully saturated rings. The zero-order chi connectivity index (χ0) is 13.1. The van der Waals surface area contributed by atoms with Crippen LogP contribution in [0.15, 0.2) is 50.8 Å². The first kappa shape index (κ1) is 12.8. The third-order valence-corrected chi connectivity index (χ3v) is 4.09. The number of aromatic nitrogens is 1. The number of nitrogens with zero attached hydrogens (tertiary/aromatic N) is 2. The quantitative estimate of drug-likeness (QED) is 0.690. The lowest BCUT2D eigenvalue weighted by Gasteiger charge is -2.04. The first-order chi connectivity index (χ1) is 8.58. The molecule has 2 rings (SSSR count). The van der Waals surface area contributed by atoms with E-state index in [9.17, 15) is 10.1 Å². The second-order valence-electron chi connectivity index (χ2n) is 3.34. The van der Waals surface area contributed by atoms with E-state index in [1.54, 1.807) is 6.07 Å². The third kappa shape index (κ3) is 2.80. The van der Waals surface area contributed by atoms with Crippen LogP contribution in [0.2, 0.25) is 0 Å². The molecule has 0 aliphatic heterocycles. The molecular formula is C11H8BrN3O2S. The molecule has 0 radical (unpaired) electrons. The van der Waals surface area contributed by atoms with E-state index in [1.165, 1.54) is 17.8 Å². The minimum atomic E-state index is -0.546. The number of halogens is 1. The van der Waals surface area contributed by atoms with Crippen molar-refractivity contribution in [2.45, 2.75) is 9.92 Å². The number of rotatable bonds is 3. The first-order valence-electron chi connectivity index (χ1n) is 4.91. The standard InChI is InChI=1S/C11H8BrN3O2S/c12-7-3-1-2-4-9(7)18-10-6-5-8(15(16)17)11(13)14-10/h1-6H,(H2,13,14). The van der Waals surface area contributed by atoms with Crippen LogP contribution in [0.5, 0.6) is 0 Å². The van der Waals surface area contributed by atoms with Crippen LogP contribution in [0.3, 0.4) is 0 Å². The predicted octanol–water partition coefficient (Wildman–Crippen LogP) is 3.49. The summed E-state index contributed by atoms with van der Waals surface area (Å²) in [4.78, 5) is 15.0. The van der Waals surface area contributed by atoms with Crippen LogP contribution in [-0.2, 0) is 0 Å². The Morgan fingerprint density at radius 1 is 1.28 bits per heavy atom. The van der Waals surface area contributed by atoms with Crippen LogP contribution in [-0.4, -0.2) is 9.91 Å². The van der Waals surface area contributed by atoms with E-state index in [-0.39, 0.29) is 11.5 Å². The molecule has 1 aromatic heterocycles. The fourth-order valence-corrected chi connectivity index (χ4v) is 2.65. The number of hydrogen-bond acceptors (Lipinski definition) is 5. The lowest BCUT2D eigenvalue weighted by Crippen LogP contribution is -1.98. The molecule has 5 nitrogen and oxygen atoms in total. The van der Waals surface area contributed by atoms with E-state index in [1.807, 2.05) is 24.3 Å². The number of benzene rings is 1. The number of nitrogens with two attached hydrogens (primary N) is 1. The third-order valence-electron chi connectivity index (χ3n) is 2.12. The highest BCUT2D eigenvalue weighted by Gasteiger charge is 2.13. The Bertz CT molecular complexity index is 607. The summed E-state index contributed by atoms with van der Waals surface area (Å²) in [6.45, 7) is 0. The summed E-state index contributed by atoms with van der Waals surface area (Å²) < 4.78 is 0.939. The molecule has 7 heteroatoms. The second-order valence-corrected chi connectivity index (χ2v) is 5.26. The van der Waals surface area contributed by atoms with Crippen molar-refractivity contribution in [1.29, 1.82) is 0 Å². The molecule has 92 valence electrons. The summed E-state index contributed by atoms with van der Waals surface area (Å²) in [5.41, 5.74) is 5.36. The van der Waals surface area contributed by atoms with Crippen LogP contribution in [0, 0.1) is 10.1 Å². The number of anilines is 1. The molecule has 0 bridgehead atoms. The Hall–Kier alpha value is -1.60. The van der Waals surface area contributed by atoms with Crippen LogP contribution < -0.4 is 5.73 Å². The number of nitro groups is 1. The van der Waals surface area contributed by atoms with E-state index in [2.05, 4.69) is 20.9 Å². The first-order valence-corrected chi connectivity index (χ1v) is 6.52. The SMILES string of the molecule is Nc1nc(Sc2ccccc2Br)ccc1[N+](=O)[O-]. The Balaban J connectivity index is 2.29. The van der Waals surface area contributed by atoms with E-state index in [4.69, 9.17) is 5.73 Å². The van der Waals surface area contributed by atoms with Gasteiger partial charge in [-0.3, -0.25) is 10.1 Å². The van der Waals surface area contributed by atoms with Crippen LogP contribution in [0.4, 0.5) is 11.5 Å². The van der Waals surface area contributed by atoms with Gasteiger partial charge in [-0.2, -0.15) is 0 Å². The summed E-state index contributed by atoms with van der Waals surface area (Å²) in [7, 11) is 0. The van der Waals surface area contributed by atoms with Crippen molar-refractivity contribution in [2.24, 2.45) is 0 Å². The van der Waals surface area contributed by atoms with Gasteiger partial charge in [-0.05, 0) is 34.1 Å². The Morgan fingerprint density at radius 3 is 2.61 bits per heavy atom. The molecule has 0 aliphatic carbocycles. The fraction of sp³-hybridized carbons (Fsp3) is 0. The van der Waals surface area contributed by atoms with E-state index >= 15 is 0 Å². The maximum absolute atomic E-state index is 10.6. The maximum atomic E-state index is 10.6. The minimum absolute atomic E-state index is 0.0722. The van der Waals surface area contributed by atoms with Gasteiger partial charge in [0.05, 0.1) is 4.92 Å². The molecule has 0 saturated heterocycles. The van der Waals surface area contributed by atoms with Gasteiger partial charge >= 0.3 is 5.69 Å². The van der Waals surface area contributed by atoms with Gasteiger partial charge in [0.15, 0.2) is 0 Å². The lowest BCUT2D eigenvalue weighted by molar-refractivity contribution is -0.384. The van der Waals surface area contributed by atoms with Gasteiger partial charge in [-0.25, -0.2) is 4.98 Å². The topological polar surface area (TPSA) is 82.0 Å². The van der Waals surface area contributed by atoms with Crippen LogP contribution >= 0.6 is 27.7 Å². The highest BCUT2D eigenvalue weighted by molar-refractivity contribution is 9.10. The van der Waals surface area contributed by atoms with Gasteiger partial charge < -0.3 is 5.73 Å².